The van der Waals surface area contributed by atoms with Crippen LogP contribution in [0.4, 0.5) is 0 Å². The number of ether oxygens (including phenoxy) is 2. The Bertz CT molecular complexity index is 599. The molecule has 0 amide bonds. The molecule has 0 unspecified atom stereocenters. The van der Waals surface area contributed by atoms with Crippen molar-refractivity contribution in [2.75, 3.05) is 14.2 Å². The number of methoxy groups -OCH3 is 2. The van der Waals surface area contributed by atoms with Crippen LogP contribution in [-0.2, 0) is 17.8 Å². The van der Waals surface area contributed by atoms with Crippen molar-refractivity contribution in [1.29, 1.82) is 0 Å². The van der Waals surface area contributed by atoms with E-state index in [-0.39, 0.29) is 5.97 Å². The molecule has 0 aliphatic carbocycles. The minimum absolute atomic E-state index is 0.383. The molecule has 0 atom stereocenters. The molecule has 0 saturated heterocycles. The van der Waals surface area contributed by atoms with Gasteiger partial charge in [0.25, 0.3) is 0 Å². The second-order valence-corrected chi connectivity index (χ2v) is 4.34. The van der Waals surface area contributed by atoms with Gasteiger partial charge in [-0.2, -0.15) is 0 Å². The van der Waals surface area contributed by atoms with Crippen molar-refractivity contribution in [2.24, 2.45) is 0 Å². The van der Waals surface area contributed by atoms with Crippen molar-refractivity contribution in [3.05, 3.63) is 53.5 Å². The molecule has 2 aromatic rings. The second-order valence-electron chi connectivity index (χ2n) is 4.34. The van der Waals surface area contributed by atoms with Crippen LogP contribution >= 0.6 is 0 Å². The lowest BCUT2D eigenvalue weighted by Crippen LogP contribution is -2.14. The summed E-state index contributed by atoms with van der Waals surface area (Å²) in [4.78, 5) is 19.6. The van der Waals surface area contributed by atoms with Crippen LogP contribution in [0.5, 0.6) is 5.88 Å². The molecule has 2 aromatic heterocycles. The van der Waals surface area contributed by atoms with Crippen LogP contribution in [0.25, 0.3) is 0 Å². The number of esters is 1. The molecule has 1 N–H and O–H groups in total. The summed E-state index contributed by atoms with van der Waals surface area (Å²) in [6.07, 6.45) is 3.22. The van der Waals surface area contributed by atoms with E-state index in [0.717, 1.165) is 11.3 Å². The van der Waals surface area contributed by atoms with Gasteiger partial charge in [-0.15, -0.1) is 0 Å². The highest BCUT2D eigenvalue weighted by Crippen LogP contribution is 2.08. The molecule has 110 valence electrons. The SMILES string of the molecule is COC(=O)c1ccc(CNCc2ccnc(OC)c2)nc1. The van der Waals surface area contributed by atoms with E-state index in [2.05, 4.69) is 20.0 Å². The number of nitrogens with one attached hydrogen (secondary N) is 1. The summed E-state index contributed by atoms with van der Waals surface area (Å²) in [6.45, 7) is 1.28. The Balaban J connectivity index is 1.87. The van der Waals surface area contributed by atoms with E-state index in [1.807, 2.05) is 12.1 Å². The maximum Gasteiger partial charge on any atom is 0.339 e. The fraction of sp³-hybridized carbons (Fsp3) is 0.267. The van der Waals surface area contributed by atoms with Gasteiger partial charge >= 0.3 is 5.97 Å². The monoisotopic (exact) mass is 287 g/mol. The first-order chi connectivity index (χ1) is 10.2. The molecule has 0 saturated carbocycles. The van der Waals surface area contributed by atoms with Gasteiger partial charge in [-0.25, -0.2) is 9.78 Å². The van der Waals surface area contributed by atoms with E-state index in [4.69, 9.17) is 4.74 Å². The number of pyridine rings is 2. The maximum absolute atomic E-state index is 11.3. The van der Waals surface area contributed by atoms with Crippen molar-refractivity contribution in [1.82, 2.24) is 15.3 Å². The Morgan fingerprint density at radius 3 is 2.71 bits per heavy atom. The number of rotatable bonds is 6. The Kier molecular flexibility index (Phi) is 5.22. The molecule has 0 fully saturated rings. The van der Waals surface area contributed by atoms with Crippen molar-refractivity contribution in [2.45, 2.75) is 13.1 Å². The average Bonchev–Trinajstić information content (AvgIpc) is 2.55. The Labute approximate surface area is 123 Å². The fourth-order valence-electron chi connectivity index (χ4n) is 1.77. The van der Waals surface area contributed by atoms with E-state index < -0.39 is 0 Å². The zero-order valence-corrected chi connectivity index (χ0v) is 12.0. The van der Waals surface area contributed by atoms with Crippen LogP contribution in [0, 0.1) is 0 Å². The normalized spacial score (nSPS) is 10.2. The Morgan fingerprint density at radius 1 is 1.19 bits per heavy atom. The van der Waals surface area contributed by atoms with Gasteiger partial charge in [0.15, 0.2) is 0 Å². The molecular formula is C15H17N3O3. The van der Waals surface area contributed by atoms with Crippen molar-refractivity contribution in [3.8, 4) is 5.88 Å². The number of hydrogen-bond donors (Lipinski definition) is 1. The summed E-state index contributed by atoms with van der Waals surface area (Å²) in [6, 6.07) is 7.29. The smallest absolute Gasteiger partial charge is 0.339 e. The molecule has 2 heterocycles. The van der Waals surface area contributed by atoms with Crippen LogP contribution in [0.2, 0.25) is 0 Å². The maximum atomic E-state index is 11.3. The van der Waals surface area contributed by atoms with Crippen LogP contribution in [0.3, 0.4) is 0 Å². The molecule has 0 aromatic carbocycles. The summed E-state index contributed by atoms with van der Waals surface area (Å²) in [5, 5.41) is 3.27. The number of carbonyl (C=O) groups excluding carboxylic acids is 1. The van der Waals surface area contributed by atoms with Gasteiger partial charge in [-0.05, 0) is 23.8 Å². The van der Waals surface area contributed by atoms with Gasteiger partial charge < -0.3 is 14.8 Å². The number of hydrogen-bond acceptors (Lipinski definition) is 6. The summed E-state index contributed by atoms with van der Waals surface area (Å²) in [7, 11) is 2.94. The first-order valence-corrected chi connectivity index (χ1v) is 6.46. The van der Waals surface area contributed by atoms with Crippen LogP contribution in [0.15, 0.2) is 36.7 Å². The third-order valence-corrected chi connectivity index (χ3v) is 2.89. The minimum Gasteiger partial charge on any atom is -0.481 e. The summed E-state index contributed by atoms with van der Waals surface area (Å²) < 4.78 is 9.70. The highest BCUT2D eigenvalue weighted by molar-refractivity contribution is 5.88. The van der Waals surface area contributed by atoms with Crippen LogP contribution < -0.4 is 10.1 Å². The zero-order chi connectivity index (χ0) is 15.1. The molecule has 6 nitrogen and oxygen atoms in total. The molecule has 0 aliphatic heterocycles. The third kappa shape index (κ3) is 4.25. The van der Waals surface area contributed by atoms with Gasteiger partial charge in [0.2, 0.25) is 5.88 Å². The lowest BCUT2D eigenvalue weighted by atomic mass is 10.2. The molecule has 0 radical (unpaired) electrons. The zero-order valence-electron chi connectivity index (χ0n) is 12.0. The largest absolute Gasteiger partial charge is 0.481 e. The second kappa shape index (κ2) is 7.35. The Morgan fingerprint density at radius 2 is 2.05 bits per heavy atom. The highest BCUT2D eigenvalue weighted by Gasteiger charge is 2.05. The first kappa shape index (κ1) is 14.9. The molecular weight excluding hydrogens is 270 g/mol. The number of carbonyl (C=O) groups is 1. The summed E-state index contributed by atoms with van der Waals surface area (Å²) in [5.74, 6) is 0.209. The number of nitrogens with zero attached hydrogens (tertiary/aromatic N) is 2. The molecule has 21 heavy (non-hydrogen) atoms. The van der Waals surface area contributed by atoms with Crippen LogP contribution in [0.1, 0.15) is 21.6 Å². The molecule has 0 aliphatic rings. The van der Waals surface area contributed by atoms with Crippen molar-refractivity contribution < 1.29 is 14.3 Å². The fourth-order valence-corrected chi connectivity index (χ4v) is 1.77. The molecule has 2 rings (SSSR count). The summed E-state index contributed by atoms with van der Waals surface area (Å²) >= 11 is 0. The van der Waals surface area contributed by atoms with E-state index >= 15 is 0 Å². The van der Waals surface area contributed by atoms with E-state index in [1.165, 1.54) is 13.3 Å². The molecule has 6 heteroatoms. The van der Waals surface area contributed by atoms with Crippen LogP contribution in [-0.4, -0.2) is 30.2 Å². The molecule has 0 bridgehead atoms. The van der Waals surface area contributed by atoms with Gasteiger partial charge in [-0.1, -0.05) is 0 Å². The number of aromatic nitrogens is 2. The van der Waals surface area contributed by atoms with Crippen molar-refractivity contribution in [3.63, 3.8) is 0 Å². The average molecular weight is 287 g/mol. The van der Waals surface area contributed by atoms with E-state index in [9.17, 15) is 4.79 Å². The predicted molar refractivity (Wildman–Crippen MR) is 76.9 cm³/mol. The topological polar surface area (TPSA) is 73.3 Å². The van der Waals surface area contributed by atoms with Gasteiger partial charge in [0.1, 0.15) is 0 Å². The highest BCUT2D eigenvalue weighted by atomic mass is 16.5. The van der Waals surface area contributed by atoms with E-state index in [1.54, 1.807) is 25.4 Å². The lowest BCUT2D eigenvalue weighted by molar-refractivity contribution is 0.0600. The predicted octanol–water partition coefficient (Wildman–Crippen LogP) is 1.56. The Hall–Kier alpha value is -2.47. The van der Waals surface area contributed by atoms with E-state index in [0.29, 0.717) is 24.5 Å². The molecule has 0 spiro atoms. The minimum atomic E-state index is -0.383. The van der Waals surface area contributed by atoms with Gasteiger partial charge in [-0.3, -0.25) is 4.98 Å². The standard InChI is InChI=1S/C15H17N3O3/c1-20-14-7-11(5-6-17-14)8-16-10-13-4-3-12(9-18-13)15(19)21-2/h3-7,9,16H,8,10H2,1-2H3. The van der Waals surface area contributed by atoms with Gasteiger partial charge in [0, 0.05) is 31.5 Å². The van der Waals surface area contributed by atoms with Gasteiger partial charge in [0.05, 0.1) is 25.5 Å². The quantitative estimate of drug-likeness (QED) is 0.813. The first-order valence-electron chi connectivity index (χ1n) is 6.46. The summed E-state index contributed by atoms with van der Waals surface area (Å²) in [5.41, 5.74) is 2.37. The third-order valence-electron chi connectivity index (χ3n) is 2.89. The lowest BCUT2D eigenvalue weighted by Gasteiger charge is -2.06. The van der Waals surface area contributed by atoms with Crippen molar-refractivity contribution >= 4 is 5.97 Å².